The molecule has 0 aliphatic rings. The van der Waals surface area contributed by atoms with E-state index < -0.39 is 11.7 Å². The van der Waals surface area contributed by atoms with E-state index in [1.54, 1.807) is 31.9 Å². The van der Waals surface area contributed by atoms with Gasteiger partial charge in [0.15, 0.2) is 11.5 Å². The normalized spacial score (nSPS) is 11.7. The first-order valence-electron chi connectivity index (χ1n) is 12.3. The van der Waals surface area contributed by atoms with E-state index in [9.17, 15) is 13.2 Å². The Morgan fingerprint density at radius 1 is 0.825 bits per heavy atom. The second-order valence-corrected chi connectivity index (χ2v) is 8.88. The van der Waals surface area contributed by atoms with Crippen molar-refractivity contribution in [3.05, 3.63) is 83.2 Å². The molecule has 208 valence electrons. The number of ether oxygens (including phenoxy) is 3. The van der Waals surface area contributed by atoms with Crippen LogP contribution in [0.2, 0.25) is 0 Å². The number of hydrogen-bond acceptors (Lipinski definition) is 8. The van der Waals surface area contributed by atoms with Crippen LogP contribution < -0.4 is 24.8 Å². The van der Waals surface area contributed by atoms with Crippen LogP contribution in [0.15, 0.2) is 60.7 Å². The number of hydrogen-bond donors (Lipinski definition) is 2. The summed E-state index contributed by atoms with van der Waals surface area (Å²) >= 11 is 0. The number of benzene rings is 3. The van der Waals surface area contributed by atoms with Gasteiger partial charge in [-0.15, -0.1) is 5.10 Å². The first-order chi connectivity index (χ1) is 19.3. The summed E-state index contributed by atoms with van der Waals surface area (Å²) < 4.78 is 56.5. The van der Waals surface area contributed by atoms with Crippen LogP contribution in [-0.4, -0.2) is 40.9 Å². The average Bonchev–Trinajstić information content (AvgIpc) is 3.40. The molecule has 0 bridgehead atoms. The van der Waals surface area contributed by atoms with Crippen LogP contribution in [0.1, 0.15) is 22.5 Å². The van der Waals surface area contributed by atoms with Gasteiger partial charge >= 0.3 is 6.18 Å². The highest BCUT2D eigenvalue weighted by molar-refractivity contribution is 5.95. The molecule has 3 aromatic carbocycles. The van der Waals surface area contributed by atoms with Gasteiger partial charge in [0.05, 0.1) is 33.4 Å². The number of nitrogens with zero attached hydrogens (tertiary/aromatic N) is 4. The minimum Gasteiger partial charge on any atom is -0.497 e. The molecule has 40 heavy (non-hydrogen) atoms. The van der Waals surface area contributed by atoms with Gasteiger partial charge in [-0.1, -0.05) is 18.2 Å². The summed E-state index contributed by atoms with van der Waals surface area (Å²) in [6.45, 7) is 1.03. The van der Waals surface area contributed by atoms with Gasteiger partial charge in [0.2, 0.25) is 5.95 Å². The lowest BCUT2D eigenvalue weighted by Gasteiger charge is -2.13. The summed E-state index contributed by atoms with van der Waals surface area (Å²) in [4.78, 5) is 9.52. The smallest absolute Gasteiger partial charge is 0.416 e. The van der Waals surface area contributed by atoms with Gasteiger partial charge in [0, 0.05) is 30.1 Å². The van der Waals surface area contributed by atoms with Crippen molar-refractivity contribution in [3.8, 4) is 17.2 Å². The fourth-order valence-electron chi connectivity index (χ4n) is 4.30. The Kier molecular flexibility index (Phi) is 7.60. The SMILES string of the molecule is COc1ccc(CNc2nc3c(OC)cccc3c3nc(CNCc4ccc(C(F)(F)F)cc4)nn23)c(OC)c1. The molecule has 0 radical (unpaired) electrons. The van der Waals surface area contributed by atoms with Crippen molar-refractivity contribution in [1.29, 1.82) is 0 Å². The molecule has 2 heterocycles. The largest absolute Gasteiger partial charge is 0.497 e. The number of nitrogens with one attached hydrogen (secondary N) is 2. The third kappa shape index (κ3) is 5.57. The molecule has 0 atom stereocenters. The molecular weight excluding hydrogens is 525 g/mol. The molecule has 0 saturated heterocycles. The van der Waals surface area contributed by atoms with E-state index in [2.05, 4.69) is 15.7 Å². The van der Waals surface area contributed by atoms with Crippen LogP contribution in [-0.2, 0) is 25.8 Å². The standard InChI is InChI=1S/C28H27F3N6O3/c1-38-20-12-9-18(23(13-20)40-3)15-33-27-35-25-21(5-4-6-22(25)39-2)26-34-24(36-37(26)27)16-32-14-17-7-10-19(11-8-17)28(29,30)31/h4-13,32H,14-16H2,1-3H3,(H,33,35). The van der Waals surface area contributed by atoms with Gasteiger partial charge in [-0.05, 0) is 42.0 Å². The highest BCUT2D eigenvalue weighted by atomic mass is 19.4. The fourth-order valence-corrected chi connectivity index (χ4v) is 4.30. The number of fused-ring (bicyclic) bond motifs is 3. The monoisotopic (exact) mass is 552 g/mol. The Labute approximate surface area is 227 Å². The Hall–Kier alpha value is -4.58. The molecule has 0 aliphatic carbocycles. The summed E-state index contributed by atoms with van der Waals surface area (Å²) in [6.07, 6.45) is -4.36. The molecule has 0 spiro atoms. The molecule has 0 saturated carbocycles. The van der Waals surface area contributed by atoms with Gasteiger partial charge in [0.25, 0.3) is 0 Å². The summed E-state index contributed by atoms with van der Waals surface area (Å²) in [7, 11) is 4.77. The Morgan fingerprint density at radius 2 is 1.60 bits per heavy atom. The second-order valence-electron chi connectivity index (χ2n) is 8.88. The lowest BCUT2D eigenvalue weighted by atomic mass is 10.1. The van der Waals surface area contributed by atoms with E-state index in [0.29, 0.717) is 65.4 Å². The van der Waals surface area contributed by atoms with Crippen molar-refractivity contribution in [3.63, 3.8) is 0 Å². The van der Waals surface area contributed by atoms with Crippen molar-refractivity contribution >= 4 is 22.5 Å². The van der Waals surface area contributed by atoms with E-state index in [4.69, 9.17) is 24.2 Å². The van der Waals surface area contributed by atoms with Crippen LogP contribution in [0.3, 0.4) is 0 Å². The predicted octanol–water partition coefficient (Wildman–Crippen LogP) is 5.22. The molecule has 0 fully saturated rings. The third-order valence-corrected chi connectivity index (χ3v) is 6.35. The number of halogens is 3. The number of anilines is 1. The molecule has 0 unspecified atom stereocenters. The zero-order chi connectivity index (χ0) is 28.3. The molecule has 0 aliphatic heterocycles. The minimum atomic E-state index is -4.36. The zero-order valence-electron chi connectivity index (χ0n) is 22.0. The molecule has 9 nitrogen and oxygen atoms in total. The predicted molar refractivity (Wildman–Crippen MR) is 144 cm³/mol. The molecular formula is C28H27F3N6O3. The highest BCUT2D eigenvalue weighted by Crippen LogP contribution is 2.30. The average molecular weight is 553 g/mol. The van der Waals surface area contributed by atoms with Gasteiger partial charge in [-0.3, -0.25) is 0 Å². The Balaban J connectivity index is 1.41. The van der Waals surface area contributed by atoms with Gasteiger partial charge in [-0.2, -0.15) is 17.7 Å². The number of rotatable bonds is 10. The Morgan fingerprint density at radius 3 is 2.30 bits per heavy atom. The van der Waals surface area contributed by atoms with Gasteiger partial charge in [0.1, 0.15) is 22.8 Å². The first kappa shape index (κ1) is 27.0. The maximum absolute atomic E-state index is 12.8. The lowest BCUT2D eigenvalue weighted by Crippen LogP contribution is -2.14. The van der Waals surface area contributed by atoms with E-state index in [-0.39, 0.29) is 0 Å². The van der Waals surface area contributed by atoms with E-state index in [0.717, 1.165) is 23.1 Å². The van der Waals surface area contributed by atoms with Crippen LogP contribution in [0.4, 0.5) is 19.1 Å². The molecule has 5 rings (SSSR count). The van der Waals surface area contributed by atoms with E-state index in [1.165, 1.54) is 12.1 Å². The lowest BCUT2D eigenvalue weighted by molar-refractivity contribution is -0.137. The number of methoxy groups -OCH3 is 3. The van der Waals surface area contributed by atoms with Crippen molar-refractivity contribution in [2.75, 3.05) is 26.6 Å². The molecule has 5 aromatic rings. The third-order valence-electron chi connectivity index (χ3n) is 6.35. The minimum absolute atomic E-state index is 0.292. The maximum Gasteiger partial charge on any atom is 0.416 e. The summed E-state index contributed by atoms with van der Waals surface area (Å²) in [6, 6.07) is 16.2. The van der Waals surface area contributed by atoms with Crippen LogP contribution in [0.5, 0.6) is 17.2 Å². The maximum atomic E-state index is 12.8. The van der Waals surface area contributed by atoms with Crippen molar-refractivity contribution in [2.24, 2.45) is 0 Å². The van der Waals surface area contributed by atoms with E-state index in [1.807, 2.05) is 30.3 Å². The highest BCUT2D eigenvalue weighted by Gasteiger charge is 2.29. The van der Waals surface area contributed by atoms with Crippen LogP contribution in [0, 0.1) is 0 Å². The molecule has 12 heteroatoms. The van der Waals surface area contributed by atoms with Crippen molar-refractivity contribution < 1.29 is 27.4 Å². The van der Waals surface area contributed by atoms with Crippen molar-refractivity contribution in [1.82, 2.24) is 24.9 Å². The van der Waals surface area contributed by atoms with Crippen LogP contribution in [0.25, 0.3) is 16.6 Å². The molecule has 2 aromatic heterocycles. The topological polar surface area (TPSA) is 94.8 Å². The fraction of sp³-hybridized carbons (Fsp3) is 0.250. The van der Waals surface area contributed by atoms with Crippen molar-refractivity contribution in [2.45, 2.75) is 25.8 Å². The van der Waals surface area contributed by atoms with Gasteiger partial charge < -0.3 is 24.8 Å². The zero-order valence-corrected chi connectivity index (χ0v) is 22.0. The number of para-hydroxylation sites is 1. The quantitative estimate of drug-likeness (QED) is 0.244. The Bertz CT molecular complexity index is 1640. The summed E-state index contributed by atoms with van der Waals surface area (Å²) in [5, 5.41) is 11.9. The number of aromatic nitrogens is 4. The van der Waals surface area contributed by atoms with Gasteiger partial charge in [-0.25, -0.2) is 9.97 Å². The molecule has 2 N–H and O–H groups in total. The van der Waals surface area contributed by atoms with Crippen LogP contribution >= 0.6 is 0 Å². The second kappa shape index (κ2) is 11.3. The summed E-state index contributed by atoms with van der Waals surface area (Å²) in [5.41, 5.74) is 2.12. The first-order valence-corrected chi connectivity index (χ1v) is 12.3. The summed E-state index contributed by atoms with van der Waals surface area (Å²) in [5.74, 6) is 2.88. The molecule has 0 amide bonds. The number of alkyl halides is 3. The van der Waals surface area contributed by atoms with E-state index >= 15 is 0 Å².